The van der Waals surface area contributed by atoms with Crippen molar-refractivity contribution >= 4 is 11.6 Å². The zero-order valence-corrected chi connectivity index (χ0v) is 11.3. The minimum atomic E-state index is 0.649. The number of halogens is 1. The molecule has 0 bridgehead atoms. The van der Waals surface area contributed by atoms with E-state index in [1.54, 1.807) is 0 Å². The highest BCUT2D eigenvalue weighted by atomic mass is 35.5. The Kier molecular flexibility index (Phi) is 5.86. The second-order valence-corrected chi connectivity index (χ2v) is 4.55. The van der Waals surface area contributed by atoms with Crippen molar-refractivity contribution in [2.75, 3.05) is 13.1 Å². The summed E-state index contributed by atoms with van der Waals surface area (Å²) >= 11 is 5.89. The molecule has 0 fully saturated rings. The Morgan fingerprint density at radius 3 is 2.06 bits per heavy atom. The first-order valence-electron chi connectivity index (χ1n) is 6.19. The van der Waals surface area contributed by atoms with Crippen LogP contribution in [0.4, 0.5) is 0 Å². The molecule has 0 aliphatic carbocycles. The molecule has 0 radical (unpaired) electrons. The van der Waals surface area contributed by atoms with Crippen molar-refractivity contribution in [1.82, 2.24) is 4.90 Å². The third-order valence-corrected chi connectivity index (χ3v) is 3.44. The molecule has 1 nitrogen and oxygen atoms in total. The summed E-state index contributed by atoms with van der Waals surface area (Å²) in [5.41, 5.74) is 1.38. The summed E-state index contributed by atoms with van der Waals surface area (Å²) in [4.78, 5) is 2.52. The number of benzene rings is 1. The molecule has 16 heavy (non-hydrogen) atoms. The van der Waals surface area contributed by atoms with E-state index in [4.69, 9.17) is 11.6 Å². The molecule has 1 atom stereocenters. The average molecular weight is 240 g/mol. The summed E-state index contributed by atoms with van der Waals surface area (Å²) in [6.07, 6.45) is 2.32. The van der Waals surface area contributed by atoms with Gasteiger partial charge >= 0.3 is 0 Å². The maximum Gasteiger partial charge on any atom is 0.0406 e. The number of hydrogen-bond acceptors (Lipinski definition) is 1. The van der Waals surface area contributed by atoms with E-state index in [-0.39, 0.29) is 0 Å². The van der Waals surface area contributed by atoms with E-state index in [0.29, 0.717) is 6.04 Å². The van der Waals surface area contributed by atoms with Crippen LogP contribution in [-0.2, 0) is 6.42 Å². The van der Waals surface area contributed by atoms with Gasteiger partial charge in [0.15, 0.2) is 0 Å². The fraction of sp³-hybridized carbons (Fsp3) is 0.571. The number of hydrogen-bond donors (Lipinski definition) is 0. The lowest BCUT2D eigenvalue weighted by Gasteiger charge is -2.28. The maximum absolute atomic E-state index is 5.89. The van der Waals surface area contributed by atoms with Gasteiger partial charge in [0.1, 0.15) is 0 Å². The van der Waals surface area contributed by atoms with Gasteiger partial charge in [0, 0.05) is 11.1 Å². The van der Waals surface area contributed by atoms with E-state index < -0.39 is 0 Å². The van der Waals surface area contributed by atoms with E-state index in [9.17, 15) is 0 Å². The van der Waals surface area contributed by atoms with Crippen LogP contribution in [-0.4, -0.2) is 24.0 Å². The zero-order valence-electron chi connectivity index (χ0n) is 10.5. The Bertz CT molecular complexity index is 290. The molecule has 90 valence electrons. The highest BCUT2D eigenvalue weighted by Crippen LogP contribution is 2.15. The fourth-order valence-corrected chi connectivity index (χ4v) is 2.29. The van der Waals surface area contributed by atoms with Gasteiger partial charge in [0.2, 0.25) is 0 Å². The van der Waals surface area contributed by atoms with Crippen LogP contribution in [0.1, 0.15) is 32.8 Å². The quantitative estimate of drug-likeness (QED) is 0.725. The Morgan fingerprint density at radius 2 is 1.62 bits per heavy atom. The normalized spacial score (nSPS) is 13.1. The van der Waals surface area contributed by atoms with Gasteiger partial charge < -0.3 is 4.90 Å². The Labute approximate surface area is 104 Å². The molecule has 0 saturated heterocycles. The van der Waals surface area contributed by atoms with Crippen molar-refractivity contribution < 1.29 is 0 Å². The molecule has 0 aliphatic rings. The lowest BCUT2D eigenvalue weighted by Crippen LogP contribution is -2.36. The van der Waals surface area contributed by atoms with Crippen LogP contribution < -0.4 is 0 Å². The lowest BCUT2D eigenvalue weighted by atomic mass is 10.0. The van der Waals surface area contributed by atoms with Gasteiger partial charge in [-0.15, -0.1) is 0 Å². The molecule has 2 heteroatoms. The minimum absolute atomic E-state index is 0.649. The fourth-order valence-electron chi connectivity index (χ4n) is 2.16. The topological polar surface area (TPSA) is 3.24 Å². The Balaban J connectivity index is 2.65. The molecule has 0 unspecified atom stereocenters. The molecule has 0 heterocycles. The van der Waals surface area contributed by atoms with Gasteiger partial charge in [-0.1, -0.05) is 44.5 Å². The second kappa shape index (κ2) is 6.93. The molecule has 1 rings (SSSR count). The summed E-state index contributed by atoms with van der Waals surface area (Å²) in [5, 5.41) is 0.819. The molecule has 0 amide bonds. The van der Waals surface area contributed by atoms with E-state index in [2.05, 4.69) is 37.8 Å². The number of nitrogens with zero attached hydrogens (tertiary/aromatic N) is 1. The Morgan fingerprint density at radius 1 is 1.06 bits per heavy atom. The van der Waals surface area contributed by atoms with Gasteiger partial charge in [-0.3, -0.25) is 0 Å². The van der Waals surface area contributed by atoms with Crippen molar-refractivity contribution in [1.29, 1.82) is 0 Å². The largest absolute Gasteiger partial charge is 0.301 e. The first-order chi connectivity index (χ1) is 7.71. The molecule has 0 aromatic heterocycles. The van der Waals surface area contributed by atoms with Gasteiger partial charge in [-0.05, 0) is 43.6 Å². The highest BCUT2D eigenvalue weighted by molar-refractivity contribution is 6.30. The SMILES string of the molecule is CC[C@@H](Cc1ccc(Cl)cc1)N(CC)CC. The monoisotopic (exact) mass is 239 g/mol. The molecular weight excluding hydrogens is 218 g/mol. The van der Waals surface area contributed by atoms with Crippen LogP contribution in [0.15, 0.2) is 24.3 Å². The van der Waals surface area contributed by atoms with Crippen molar-refractivity contribution in [3.63, 3.8) is 0 Å². The lowest BCUT2D eigenvalue weighted by molar-refractivity contribution is 0.210. The maximum atomic E-state index is 5.89. The van der Waals surface area contributed by atoms with Crippen molar-refractivity contribution in [3.05, 3.63) is 34.9 Å². The summed E-state index contributed by atoms with van der Waals surface area (Å²) in [6, 6.07) is 8.87. The predicted octanol–water partition coefficient (Wildman–Crippen LogP) is 4.00. The minimum Gasteiger partial charge on any atom is -0.301 e. The summed E-state index contributed by atoms with van der Waals surface area (Å²) in [6.45, 7) is 8.98. The molecule has 1 aromatic carbocycles. The van der Waals surface area contributed by atoms with Crippen molar-refractivity contribution in [2.24, 2.45) is 0 Å². The third-order valence-electron chi connectivity index (χ3n) is 3.18. The van der Waals surface area contributed by atoms with Crippen LogP contribution in [0.5, 0.6) is 0 Å². The molecule has 0 spiro atoms. The van der Waals surface area contributed by atoms with Gasteiger partial charge in [0.05, 0.1) is 0 Å². The Hall–Kier alpha value is -0.530. The van der Waals surface area contributed by atoms with Crippen LogP contribution in [0.3, 0.4) is 0 Å². The van der Waals surface area contributed by atoms with E-state index >= 15 is 0 Å². The van der Waals surface area contributed by atoms with E-state index in [1.807, 2.05) is 12.1 Å². The highest BCUT2D eigenvalue weighted by Gasteiger charge is 2.13. The molecule has 1 aromatic rings. The van der Waals surface area contributed by atoms with Gasteiger partial charge in [-0.2, -0.15) is 0 Å². The summed E-state index contributed by atoms with van der Waals surface area (Å²) < 4.78 is 0. The van der Waals surface area contributed by atoms with Crippen molar-refractivity contribution in [2.45, 2.75) is 39.7 Å². The van der Waals surface area contributed by atoms with Crippen LogP contribution >= 0.6 is 11.6 Å². The van der Waals surface area contributed by atoms with Crippen LogP contribution in [0.25, 0.3) is 0 Å². The predicted molar refractivity (Wildman–Crippen MR) is 72.2 cm³/mol. The van der Waals surface area contributed by atoms with Gasteiger partial charge in [0.25, 0.3) is 0 Å². The molecule has 0 saturated carbocycles. The van der Waals surface area contributed by atoms with Crippen LogP contribution in [0.2, 0.25) is 5.02 Å². The van der Waals surface area contributed by atoms with E-state index in [0.717, 1.165) is 24.5 Å². The smallest absolute Gasteiger partial charge is 0.0406 e. The van der Waals surface area contributed by atoms with Crippen LogP contribution in [0, 0.1) is 0 Å². The van der Waals surface area contributed by atoms with Gasteiger partial charge in [-0.25, -0.2) is 0 Å². The number of likely N-dealkylation sites (N-methyl/N-ethyl adjacent to an activating group) is 1. The average Bonchev–Trinajstić information content (AvgIpc) is 2.32. The third kappa shape index (κ3) is 3.80. The second-order valence-electron chi connectivity index (χ2n) is 4.11. The standard InChI is InChI=1S/C14H22ClN/c1-4-14(16(5-2)6-3)11-12-7-9-13(15)10-8-12/h7-10,14H,4-6,11H2,1-3H3/t14-/m0/s1. The number of rotatable bonds is 6. The summed E-state index contributed by atoms with van der Waals surface area (Å²) in [7, 11) is 0. The van der Waals surface area contributed by atoms with E-state index in [1.165, 1.54) is 12.0 Å². The molecule has 0 N–H and O–H groups in total. The first kappa shape index (κ1) is 13.5. The zero-order chi connectivity index (χ0) is 12.0. The molecule has 0 aliphatic heterocycles. The molecular formula is C14H22ClN. The van der Waals surface area contributed by atoms with Crippen molar-refractivity contribution in [3.8, 4) is 0 Å². The summed E-state index contributed by atoms with van der Waals surface area (Å²) in [5.74, 6) is 0. The first-order valence-corrected chi connectivity index (χ1v) is 6.57.